The van der Waals surface area contributed by atoms with Crippen LogP contribution in [0, 0.1) is 11.3 Å². The topological polar surface area (TPSA) is 48.7 Å². The van der Waals surface area contributed by atoms with Gasteiger partial charge in [-0.15, -0.1) is 0 Å². The molecule has 0 unspecified atom stereocenters. The highest BCUT2D eigenvalue weighted by Crippen LogP contribution is 2.28. The Balaban J connectivity index is 1.91. The summed E-state index contributed by atoms with van der Waals surface area (Å²) >= 11 is 1.97. The summed E-state index contributed by atoms with van der Waals surface area (Å²) in [5.41, 5.74) is 0.667. The molecule has 0 spiro atoms. The van der Waals surface area contributed by atoms with Gasteiger partial charge in [-0.1, -0.05) is 0 Å². The first-order valence-electron chi connectivity index (χ1n) is 5.97. The average Bonchev–Trinajstić information content (AvgIpc) is 2.40. The first-order valence-corrected chi connectivity index (χ1v) is 7.26. The molecule has 1 fully saturated rings. The van der Waals surface area contributed by atoms with Crippen molar-refractivity contribution < 1.29 is 0 Å². The lowest BCUT2D eigenvalue weighted by Crippen LogP contribution is -2.27. The number of hydrogen-bond acceptors (Lipinski definition) is 4. The second-order valence-corrected chi connectivity index (χ2v) is 5.53. The quantitative estimate of drug-likeness (QED) is 0.892. The van der Waals surface area contributed by atoms with Crippen molar-refractivity contribution in [3.8, 4) is 6.07 Å². The molecule has 0 saturated heterocycles. The highest BCUT2D eigenvalue weighted by Gasteiger charge is 2.20. The van der Waals surface area contributed by atoms with E-state index in [0.29, 0.717) is 11.6 Å². The van der Waals surface area contributed by atoms with Crippen molar-refractivity contribution in [2.75, 3.05) is 11.6 Å². The van der Waals surface area contributed by atoms with Gasteiger partial charge >= 0.3 is 0 Å². The Morgan fingerprint density at radius 2 is 2.18 bits per heavy atom. The van der Waals surface area contributed by atoms with E-state index in [9.17, 15) is 0 Å². The molecule has 0 bridgehead atoms. The monoisotopic (exact) mass is 247 g/mol. The van der Waals surface area contributed by atoms with E-state index in [0.717, 1.165) is 11.1 Å². The Morgan fingerprint density at radius 3 is 2.82 bits per heavy atom. The summed E-state index contributed by atoms with van der Waals surface area (Å²) in [5.74, 6) is 0.830. The third-order valence-electron chi connectivity index (χ3n) is 3.25. The minimum atomic E-state index is 0.514. The molecule has 0 atom stereocenters. The van der Waals surface area contributed by atoms with Crippen molar-refractivity contribution in [1.82, 2.24) is 4.98 Å². The maximum Gasteiger partial charge on any atom is 0.127 e. The van der Waals surface area contributed by atoms with Gasteiger partial charge in [-0.2, -0.15) is 17.0 Å². The van der Waals surface area contributed by atoms with Crippen LogP contribution in [0.5, 0.6) is 0 Å². The molecule has 17 heavy (non-hydrogen) atoms. The molecule has 1 heterocycles. The molecule has 1 aromatic rings. The SMILES string of the molecule is CSC1CCC(Nc2cc(C#N)ccn2)CC1. The fourth-order valence-corrected chi connectivity index (χ4v) is 2.97. The van der Waals surface area contributed by atoms with Crippen LogP contribution in [0.1, 0.15) is 31.2 Å². The molecule has 1 saturated carbocycles. The molecule has 0 amide bonds. The van der Waals surface area contributed by atoms with Gasteiger partial charge in [-0.05, 0) is 44.1 Å². The predicted molar refractivity (Wildman–Crippen MR) is 72.1 cm³/mol. The number of nitriles is 1. The van der Waals surface area contributed by atoms with Crippen LogP contribution in [0.2, 0.25) is 0 Å². The van der Waals surface area contributed by atoms with Crippen LogP contribution < -0.4 is 5.32 Å². The van der Waals surface area contributed by atoms with E-state index in [1.165, 1.54) is 25.7 Å². The van der Waals surface area contributed by atoms with Crippen LogP contribution in [-0.2, 0) is 0 Å². The maximum atomic E-state index is 8.83. The number of hydrogen-bond donors (Lipinski definition) is 1. The summed E-state index contributed by atoms with van der Waals surface area (Å²) < 4.78 is 0. The summed E-state index contributed by atoms with van der Waals surface area (Å²) in [4.78, 5) is 4.25. The van der Waals surface area contributed by atoms with E-state index in [-0.39, 0.29) is 0 Å². The second-order valence-electron chi connectivity index (χ2n) is 4.40. The van der Waals surface area contributed by atoms with Gasteiger partial charge in [0.25, 0.3) is 0 Å². The van der Waals surface area contributed by atoms with Crippen molar-refractivity contribution in [2.24, 2.45) is 0 Å². The van der Waals surface area contributed by atoms with Crippen molar-refractivity contribution in [3.63, 3.8) is 0 Å². The third-order valence-corrected chi connectivity index (χ3v) is 4.39. The van der Waals surface area contributed by atoms with Crippen LogP contribution in [0.3, 0.4) is 0 Å². The smallest absolute Gasteiger partial charge is 0.127 e. The third kappa shape index (κ3) is 3.37. The van der Waals surface area contributed by atoms with Crippen molar-refractivity contribution >= 4 is 17.6 Å². The van der Waals surface area contributed by atoms with Gasteiger partial charge in [0, 0.05) is 17.5 Å². The van der Waals surface area contributed by atoms with Gasteiger partial charge in [0.1, 0.15) is 5.82 Å². The summed E-state index contributed by atoms with van der Waals surface area (Å²) in [7, 11) is 0. The van der Waals surface area contributed by atoms with E-state index in [2.05, 4.69) is 22.6 Å². The number of rotatable bonds is 3. The summed E-state index contributed by atoms with van der Waals surface area (Å²) in [6.45, 7) is 0. The second kappa shape index (κ2) is 5.92. The first-order chi connectivity index (χ1) is 8.31. The van der Waals surface area contributed by atoms with E-state index in [4.69, 9.17) is 5.26 Å². The molecule has 90 valence electrons. The molecule has 0 radical (unpaired) electrons. The number of pyridine rings is 1. The van der Waals surface area contributed by atoms with Crippen LogP contribution >= 0.6 is 11.8 Å². The molecule has 3 nitrogen and oxygen atoms in total. The molecule has 0 aliphatic heterocycles. The Labute approximate surface area is 107 Å². The Morgan fingerprint density at radius 1 is 1.41 bits per heavy atom. The van der Waals surface area contributed by atoms with Gasteiger partial charge in [0.2, 0.25) is 0 Å². The lowest BCUT2D eigenvalue weighted by atomic mass is 9.95. The van der Waals surface area contributed by atoms with E-state index >= 15 is 0 Å². The largest absolute Gasteiger partial charge is 0.367 e. The number of thioether (sulfide) groups is 1. The average molecular weight is 247 g/mol. The van der Waals surface area contributed by atoms with E-state index in [1.54, 1.807) is 12.3 Å². The van der Waals surface area contributed by atoms with Gasteiger partial charge in [-0.25, -0.2) is 4.98 Å². The Hall–Kier alpha value is -1.21. The molecule has 1 aliphatic carbocycles. The Bertz CT molecular complexity index is 405. The highest BCUT2D eigenvalue weighted by atomic mass is 32.2. The van der Waals surface area contributed by atoms with Gasteiger partial charge < -0.3 is 5.32 Å². The Kier molecular flexibility index (Phi) is 4.27. The molecular formula is C13H17N3S. The fourth-order valence-electron chi connectivity index (χ4n) is 2.23. The molecule has 2 rings (SSSR count). The lowest BCUT2D eigenvalue weighted by Gasteiger charge is -2.28. The van der Waals surface area contributed by atoms with Crippen molar-refractivity contribution in [3.05, 3.63) is 23.9 Å². The predicted octanol–water partition coefficient (Wildman–Crippen LogP) is 3.04. The standard InChI is InChI=1S/C13H17N3S/c1-17-12-4-2-11(3-5-12)16-13-8-10(9-14)6-7-15-13/h6-8,11-12H,2-5H2,1H3,(H,15,16). The number of aromatic nitrogens is 1. The molecular weight excluding hydrogens is 230 g/mol. The summed E-state index contributed by atoms with van der Waals surface area (Å²) in [5, 5.41) is 13.1. The molecule has 4 heteroatoms. The van der Waals surface area contributed by atoms with Crippen LogP contribution in [0.15, 0.2) is 18.3 Å². The zero-order valence-corrected chi connectivity index (χ0v) is 10.8. The summed E-state index contributed by atoms with van der Waals surface area (Å²) in [6, 6.07) is 6.20. The zero-order chi connectivity index (χ0) is 12.1. The lowest BCUT2D eigenvalue weighted by molar-refractivity contribution is 0.472. The van der Waals surface area contributed by atoms with Gasteiger partial charge in [0.05, 0.1) is 11.6 Å². The highest BCUT2D eigenvalue weighted by molar-refractivity contribution is 7.99. The number of nitrogens with zero attached hydrogens (tertiary/aromatic N) is 2. The minimum Gasteiger partial charge on any atom is -0.367 e. The van der Waals surface area contributed by atoms with Crippen molar-refractivity contribution in [1.29, 1.82) is 5.26 Å². The fraction of sp³-hybridized carbons (Fsp3) is 0.538. The molecule has 0 aromatic carbocycles. The van der Waals surface area contributed by atoms with E-state index < -0.39 is 0 Å². The van der Waals surface area contributed by atoms with Gasteiger partial charge in [-0.3, -0.25) is 0 Å². The number of nitrogens with one attached hydrogen (secondary N) is 1. The maximum absolute atomic E-state index is 8.83. The molecule has 1 aromatic heterocycles. The van der Waals surface area contributed by atoms with Crippen LogP contribution in [-0.4, -0.2) is 22.5 Å². The first kappa shape index (κ1) is 12.3. The van der Waals surface area contributed by atoms with Crippen LogP contribution in [0.4, 0.5) is 5.82 Å². The zero-order valence-electron chi connectivity index (χ0n) is 10.0. The molecule has 1 aliphatic rings. The normalized spacial score (nSPS) is 24.0. The summed E-state index contributed by atoms with van der Waals surface area (Å²) in [6.07, 6.45) is 8.83. The van der Waals surface area contributed by atoms with E-state index in [1.807, 2.05) is 17.8 Å². The molecule has 1 N–H and O–H groups in total. The van der Waals surface area contributed by atoms with Crippen molar-refractivity contribution in [2.45, 2.75) is 37.0 Å². The van der Waals surface area contributed by atoms with Crippen LogP contribution in [0.25, 0.3) is 0 Å². The minimum absolute atomic E-state index is 0.514. The van der Waals surface area contributed by atoms with Gasteiger partial charge in [0.15, 0.2) is 0 Å². The number of anilines is 1.